The molecule has 0 spiro atoms. The Hall–Kier alpha value is -1.17. The zero-order chi connectivity index (χ0) is 9.15. The van der Waals surface area contributed by atoms with Gasteiger partial charge in [0, 0.05) is 0 Å². The second-order valence-corrected chi connectivity index (χ2v) is 0.565. The topological polar surface area (TPSA) is 115 Å². The third kappa shape index (κ3) is 301. The van der Waals surface area contributed by atoms with Crippen molar-refractivity contribution in [2.24, 2.45) is 0 Å². The van der Waals surface area contributed by atoms with Gasteiger partial charge in [0.15, 0.2) is 0 Å². The Morgan fingerprint density at radius 2 is 0.818 bits per heavy atom. The van der Waals surface area contributed by atoms with Crippen molar-refractivity contribution in [3.63, 3.8) is 0 Å². The molecule has 0 saturated heterocycles. The molecule has 0 heterocycles. The van der Waals surface area contributed by atoms with Gasteiger partial charge in [-0.2, -0.15) is 0 Å². The van der Waals surface area contributed by atoms with E-state index in [0.29, 0.717) is 0 Å². The molecule has 0 fully saturated rings. The second kappa shape index (κ2) is 23.2. The maximum atomic E-state index is 8.56. The Morgan fingerprint density at radius 1 is 0.818 bits per heavy atom. The lowest BCUT2D eigenvalue weighted by Gasteiger charge is -1.60. The van der Waals surface area contributed by atoms with Gasteiger partial charge in [0.05, 0.1) is 0 Å². The predicted molar refractivity (Wildman–Crippen MR) is 39.9 cm³/mol. The first-order valence-electron chi connectivity index (χ1n) is 2.30. The fourth-order valence-electron chi connectivity index (χ4n) is 0. The summed E-state index contributed by atoms with van der Waals surface area (Å²) < 4.78 is 0. The van der Waals surface area contributed by atoms with E-state index in [1.54, 1.807) is 0 Å². The van der Waals surface area contributed by atoms with E-state index in [1.807, 2.05) is 13.8 Å². The van der Waals surface area contributed by atoms with E-state index in [1.165, 1.54) is 0 Å². The monoisotopic (exact) mass is 190 g/mol. The van der Waals surface area contributed by atoms with E-state index < -0.39 is 12.3 Å². The van der Waals surface area contributed by atoms with E-state index >= 15 is 0 Å². The van der Waals surface area contributed by atoms with Crippen LogP contribution in [0.25, 0.3) is 0 Å². The number of hydrogen-bond acceptors (Lipinski definition) is 2. The molecule has 0 unspecified atom stereocenters. The third-order valence-electron chi connectivity index (χ3n) is 0. The van der Waals surface area contributed by atoms with Gasteiger partial charge < -0.3 is 20.4 Å². The summed E-state index contributed by atoms with van der Waals surface area (Å²) in [4.78, 5) is 17.1. The molecule has 0 bridgehead atoms. The standard InChI is InChI=1S/C2H6.2CH2O3.ClH/c1-2;2*2-1(3)4;/h1-2H3;2*(H2,2,3,4);1H. The molecule has 0 saturated carbocycles. The average molecular weight is 191 g/mol. The van der Waals surface area contributed by atoms with Crippen LogP contribution in [-0.4, -0.2) is 32.7 Å². The minimum atomic E-state index is -1.83. The zero-order valence-electron chi connectivity index (χ0n) is 6.01. The van der Waals surface area contributed by atoms with Crippen molar-refractivity contribution in [2.75, 3.05) is 0 Å². The van der Waals surface area contributed by atoms with Crippen molar-refractivity contribution in [1.82, 2.24) is 0 Å². The summed E-state index contributed by atoms with van der Waals surface area (Å²) >= 11 is 0. The van der Waals surface area contributed by atoms with Gasteiger partial charge in [-0.05, 0) is 0 Å². The quantitative estimate of drug-likeness (QED) is 0.464. The summed E-state index contributed by atoms with van der Waals surface area (Å²) in [6.45, 7) is 4.00. The largest absolute Gasteiger partial charge is 0.503 e. The maximum Gasteiger partial charge on any atom is 0.503 e. The van der Waals surface area contributed by atoms with Crippen molar-refractivity contribution >= 4 is 24.7 Å². The number of carboxylic acid groups (broad SMARTS) is 4. The summed E-state index contributed by atoms with van der Waals surface area (Å²) in [5.41, 5.74) is 0. The van der Waals surface area contributed by atoms with E-state index in [4.69, 9.17) is 30.0 Å². The normalized spacial score (nSPS) is 4.91. The molecule has 11 heavy (non-hydrogen) atoms. The molecule has 0 aromatic carbocycles. The molecule has 0 atom stereocenters. The predicted octanol–water partition coefficient (Wildman–Crippen LogP) is 1.89. The van der Waals surface area contributed by atoms with Gasteiger partial charge in [-0.3, -0.25) is 0 Å². The van der Waals surface area contributed by atoms with Gasteiger partial charge in [0.1, 0.15) is 0 Å². The van der Waals surface area contributed by atoms with Crippen molar-refractivity contribution in [3.05, 3.63) is 0 Å². The van der Waals surface area contributed by atoms with Crippen molar-refractivity contribution in [2.45, 2.75) is 13.8 Å². The molecule has 6 nitrogen and oxygen atoms in total. The van der Waals surface area contributed by atoms with Crippen molar-refractivity contribution in [1.29, 1.82) is 0 Å². The van der Waals surface area contributed by atoms with Crippen LogP contribution in [0.1, 0.15) is 13.8 Å². The first kappa shape index (κ1) is 22.5. The fraction of sp³-hybridized carbons (Fsp3) is 0.500. The first-order valence-corrected chi connectivity index (χ1v) is 2.30. The van der Waals surface area contributed by atoms with Crippen LogP contribution in [0.15, 0.2) is 0 Å². The average Bonchev–Trinajstić information content (AvgIpc) is 1.66. The van der Waals surface area contributed by atoms with Crippen LogP contribution in [0.5, 0.6) is 0 Å². The minimum absolute atomic E-state index is 0. The van der Waals surface area contributed by atoms with Crippen LogP contribution in [0.4, 0.5) is 9.59 Å². The molecule has 0 aromatic rings. The Balaban J connectivity index is -0.0000000339. The Labute approximate surface area is 69.5 Å². The summed E-state index contributed by atoms with van der Waals surface area (Å²) in [5.74, 6) is 0. The molecule has 4 N–H and O–H groups in total. The lowest BCUT2D eigenvalue weighted by Crippen LogP contribution is -1.81. The van der Waals surface area contributed by atoms with Gasteiger partial charge in [-0.15, -0.1) is 12.4 Å². The Bertz CT molecular complexity index is 72.6. The highest BCUT2D eigenvalue weighted by Crippen LogP contribution is 1.43. The molecule has 0 rings (SSSR count). The molecule has 0 aliphatic heterocycles. The molecule has 0 aliphatic carbocycles. The summed E-state index contributed by atoms with van der Waals surface area (Å²) in [7, 11) is 0. The molecule has 0 radical (unpaired) electrons. The van der Waals surface area contributed by atoms with Gasteiger partial charge >= 0.3 is 12.3 Å². The molecule has 7 heteroatoms. The highest BCUT2D eigenvalue weighted by atomic mass is 35.5. The lowest BCUT2D eigenvalue weighted by atomic mass is 11.0. The zero-order valence-corrected chi connectivity index (χ0v) is 6.83. The van der Waals surface area contributed by atoms with E-state index in [2.05, 4.69) is 0 Å². The van der Waals surface area contributed by atoms with E-state index in [0.717, 1.165) is 0 Å². The van der Waals surface area contributed by atoms with Gasteiger partial charge in [-0.25, -0.2) is 9.59 Å². The number of rotatable bonds is 0. The van der Waals surface area contributed by atoms with Crippen LogP contribution in [0.3, 0.4) is 0 Å². The number of hydrogen-bond donors (Lipinski definition) is 4. The Morgan fingerprint density at radius 3 is 0.818 bits per heavy atom. The highest BCUT2D eigenvalue weighted by molar-refractivity contribution is 5.85. The summed E-state index contributed by atoms with van der Waals surface area (Å²) in [6.07, 6.45) is -3.67. The smallest absolute Gasteiger partial charge is 0.450 e. The van der Waals surface area contributed by atoms with E-state index in [9.17, 15) is 0 Å². The van der Waals surface area contributed by atoms with Gasteiger partial charge in [0.2, 0.25) is 0 Å². The summed E-state index contributed by atoms with van der Waals surface area (Å²) in [5, 5.41) is 27.9. The molecule has 70 valence electrons. The molecular weight excluding hydrogens is 179 g/mol. The summed E-state index contributed by atoms with van der Waals surface area (Å²) in [6, 6.07) is 0. The lowest BCUT2D eigenvalue weighted by molar-refractivity contribution is 0.135. The molecular formula is C4H11ClO6. The number of halogens is 1. The maximum absolute atomic E-state index is 8.56. The van der Waals surface area contributed by atoms with E-state index in [-0.39, 0.29) is 12.4 Å². The Kier molecular flexibility index (Phi) is 47.6. The van der Waals surface area contributed by atoms with Crippen molar-refractivity contribution in [3.8, 4) is 0 Å². The molecule has 0 amide bonds. The van der Waals surface area contributed by atoms with Crippen LogP contribution >= 0.6 is 12.4 Å². The fourth-order valence-corrected chi connectivity index (χ4v) is 0. The third-order valence-corrected chi connectivity index (χ3v) is 0. The second-order valence-electron chi connectivity index (χ2n) is 0.565. The van der Waals surface area contributed by atoms with Crippen LogP contribution in [0, 0.1) is 0 Å². The SMILES string of the molecule is CC.Cl.O=C(O)O.O=C(O)O. The van der Waals surface area contributed by atoms with Crippen LogP contribution in [-0.2, 0) is 0 Å². The first-order chi connectivity index (χ1) is 4.46. The van der Waals surface area contributed by atoms with Crippen LogP contribution in [0.2, 0.25) is 0 Å². The molecule has 0 aliphatic rings. The highest BCUT2D eigenvalue weighted by Gasteiger charge is 1.70. The van der Waals surface area contributed by atoms with Gasteiger partial charge in [-0.1, -0.05) is 13.8 Å². The molecule has 0 aromatic heterocycles. The van der Waals surface area contributed by atoms with Crippen LogP contribution < -0.4 is 0 Å². The minimum Gasteiger partial charge on any atom is -0.450 e. The van der Waals surface area contributed by atoms with Crippen molar-refractivity contribution < 1.29 is 30.0 Å². The number of carbonyl (C=O) groups is 2. The van der Waals surface area contributed by atoms with Gasteiger partial charge in [0.25, 0.3) is 0 Å².